The number of nitrogens with two attached hydrogens (primary N) is 1. The quantitative estimate of drug-likeness (QED) is 0.889. The van der Waals surface area contributed by atoms with Gasteiger partial charge in [-0.15, -0.1) is 11.3 Å². The van der Waals surface area contributed by atoms with Gasteiger partial charge in [-0.1, -0.05) is 18.2 Å². The third-order valence-electron chi connectivity index (χ3n) is 5.02. The van der Waals surface area contributed by atoms with E-state index in [2.05, 4.69) is 29.6 Å². The van der Waals surface area contributed by atoms with Gasteiger partial charge >= 0.3 is 0 Å². The van der Waals surface area contributed by atoms with Gasteiger partial charge in [0.2, 0.25) is 0 Å². The lowest BCUT2D eigenvalue weighted by molar-refractivity contribution is 0.274. The Balaban J connectivity index is 1.67. The average molecular weight is 257 g/mol. The fraction of sp³-hybridized carbons (Fsp3) is 0.500. The van der Waals surface area contributed by atoms with Crippen molar-refractivity contribution in [3.63, 3.8) is 0 Å². The molecular formula is C16H19NS. The van der Waals surface area contributed by atoms with Crippen LogP contribution in [0.1, 0.15) is 24.8 Å². The Morgan fingerprint density at radius 3 is 2.78 bits per heavy atom. The lowest BCUT2D eigenvalue weighted by Crippen LogP contribution is -2.31. The zero-order valence-corrected chi connectivity index (χ0v) is 11.4. The van der Waals surface area contributed by atoms with E-state index < -0.39 is 0 Å². The molecule has 0 aliphatic heterocycles. The van der Waals surface area contributed by atoms with Gasteiger partial charge < -0.3 is 5.73 Å². The van der Waals surface area contributed by atoms with Crippen molar-refractivity contribution in [1.29, 1.82) is 0 Å². The van der Waals surface area contributed by atoms with Crippen molar-refractivity contribution < 1.29 is 0 Å². The van der Waals surface area contributed by atoms with E-state index in [1.165, 1.54) is 41.3 Å². The lowest BCUT2D eigenvalue weighted by Gasteiger charge is -2.29. The SMILES string of the molecule is NCC1(Cc2csc3ccccc23)CC2CC2C1. The van der Waals surface area contributed by atoms with Crippen LogP contribution in [0.25, 0.3) is 10.1 Å². The Labute approximate surface area is 112 Å². The number of rotatable bonds is 3. The fourth-order valence-electron chi connectivity index (χ4n) is 3.96. The largest absolute Gasteiger partial charge is 0.330 e. The first kappa shape index (κ1) is 11.0. The minimum absolute atomic E-state index is 0.414. The number of hydrogen-bond acceptors (Lipinski definition) is 2. The molecule has 94 valence electrons. The maximum Gasteiger partial charge on any atom is 0.0345 e. The molecule has 2 heteroatoms. The van der Waals surface area contributed by atoms with Crippen LogP contribution in [0.2, 0.25) is 0 Å². The third kappa shape index (κ3) is 1.63. The summed E-state index contributed by atoms with van der Waals surface area (Å²) in [6.45, 7) is 0.865. The van der Waals surface area contributed by atoms with Gasteiger partial charge in [-0.2, -0.15) is 0 Å². The molecule has 1 heterocycles. The molecule has 0 spiro atoms. The molecule has 2 saturated carbocycles. The standard InChI is InChI=1S/C16H19NS/c17-10-16(6-11-5-12(11)7-16)8-13-9-18-15-4-2-1-3-14(13)15/h1-4,9,11-12H,5-8,10,17H2. The van der Waals surface area contributed by atoms with Crippen LogP contribution in [-0.4, -0.2) is 6.54 Å². The van der Waals surface area contributed by atoms with Crippen molar-refractivity contribution in [2.45, 2.75) is 25.7 Å². The summed E-state index contributed by atoms with van der Waals surface area (Å²) in [4.78, 5) is 0. The van der Waals surface area contributed by atoms with Crippen LogP contribution < -0.4 is 5.73 Å². The predicted molar refractivity (Wildman–Crippen MR) is 77.8 cm³/mol. The highest BCUT2D eigenvalue weighted by Crippen LogP contribution is 2.60. The molecule has 2 atom stereocenters. The maximum absolute atomic E-state index is 6.12. The van der Waals surface area contributed by atoms with E-state index in [1.54, 1.807) is 0 Å². The molecule has 0 amide bonds. The van der Waals surface area contributed by atoms with Crippen molar-refractivity contribution in [2.75, 3.05) is 6.54 Å². The number of fused-ring (bicyclic) bond motifs is 2. The second-order valence-electron chi connectivity index (χ2n) is 6.30. The van der Waals surface area contributed by atoms with E-state index >= 15 is 0 Å². The van der Waals surface area contributed by atoms with Crippen LogP contribution in [0, 0.1) is 17.3 Å². The van der Waals surface area contributed by atoms with Gasteiger partial charge in [-0.25, -0.2) is 0 Å². The normalized spacial score (nSPS) is 33.8. The van der Waals surface area contributed by atoms with Crippen molar-refractivity contribution in [2.24, 2.45) is 23.0 Å². The van der Waals surface area contributed by atoms with Crippen LogP contribution >= 0.6 is 11.3 Å². The van der Waals surface area contributed by atoms with Crippen LogP contribution in [0.15, 0.2) is 29.6 Å². The molecule has 0 bridgehead atoms. The Morgan fingerprint density at radius 1 is 1.22 bits per heavy atom. The summed E-state index contributed by atoms with van der Waals surface area (Å²) in [5.41, 5.74) is 8.06. The predicted octanol–water partition coefficient (Wildman–Crippen LogP) is 3.82. The van der Waals surface area contributed by atoms with Crippen LogP contribution in [-0.2, 0) is 6.42 Å². The Bertz CT molecular complexity index is 576. The van der Waals surface area contributed by atoms with Crippen LogP contribution in [0.3, 0.4) is 0 Å². The summed E-state index contributed by atoms with van der Waals surface area (Å²) >= 11 is 1.88. The molecule has 0 saturated heterocycles. The minimum Gasteiger partial charge on any atom is -0.330 e. The molecule has 18 heavy (non-hydrogen) atoms. The van der Waals surface area contributed by atoms with Gasteiger partial charge in [-0.3, -0.25) is 0 Å². The highest BCUT2D eigenvalue weighted by atomic mass is 32.1. The zero-order chi connectivity index (χ0) is 12.2. The second-order valence-corrected chi connectivity index (χ2v) is 7.21. The number of thiophene rings is 1. The van der Waals surface area contributed by atoms with Gasteiger partial charge in [0.25, 0.3) is 0 Å². The van der Waals surface area contributed by atoms with Gasteiger partial charge in [0.15, 0.2) is 0 Å². The molecule has 2 aliphatic rings. The summed E-state index contributed by atoms with van der Waals surface area (Å²) in [5.74, 6) is 2.02. The maximum atomic E-state index is 6.12. The fourth-order valence-corrected chi connectivity index (χ4v) is 4.93. The van der Waals surface area contributed by atoms with Crippen LogP contribution in [0.5, 0.6) is 0 Å². The second kappa shape index (κ2) is 3.82. The molecule has 2 unspecified atom stereocenters. The minimum atomic E-state index is 0.414. The van der Waals surface area contributed by atoms with E-state index in [4.69, 9.17) is 5.73 Å². The summed E-state index contributed by atoms with van der Waals surface area (Å²) in [6.07, 6.45) is 5.42. The summed E-state index contributed by atoms with van der Waals surface area (Å²) in [6, 6.07) is 8.78. The highest BCUT2D eigenvalue weighted by molar-refractivity contribution is 7.17. The molecular weight excluding hydrogens is 238 g/mol. The van der Waals surface area contributed by atoms with Gasteiger partial charge in [0, 0.05) is 4.70 Å². The summed E-state index contributed by atoms with van der Waals surface area (Å²) in [7, 11) is 0. The van der Waals surface area contributed by atoms with Gasteiger partial charge in [-0.05, 0) is 71.9 Å². The summed E-state index contributed by atoms with van der Waals surface area (Å²) in [5, 5.41) is 3.81. The Hall–Kier alpha value is -0.860. The van der Waals surface area contributed by atoms with E-state index in [9.17, 15) is 0 Å². The van der Waals surface area contributed by atoms with Gasteiger partial charge in [0.05, 0.1) is 0 Å². The average Bonchev–Trinajstić information content (AvgIpc) is 2.86. The monoisotopic (exact) mass is 257 g/mol. The van der Waals surface area contributed by atoms with E-state index in [-0.39, 0.29) is 0 Å². The first-order valence-electron chi connectivity index (χ1n) is 6.95. The van der Waals surface area contributed by atoms with Crippen molar-refractivity contribution in [3.8, 4) is 0 Å². The lowest BCUT2D eigenvalue weighted by atomic mass is 9.77. The molecule has 1 aromatic carbocycles. The summed E-state index contributed by atoms with van der Waals surface area (Å²) < 4.78 is 1.42. The molecule has 1 nitrogen and oxygen atoms in total. The van der Waals surface area contributed by atoms with E-state index in [0.29, 0.717) is 5.41 Å². The molecule has 2 aromatic rings. The van der Waals surface area contributed by atoms with Crippen molar-refractivity contribution >= 4 is 21.4 Å². The smallest absolute Gasteiger partial charge is 0.0345 e. The number of hydrogen-bond donors (Lipinski definition) is 1. The molecule has 2 aliphatic carbocycles. The topological polar surface area (TPSA) is 26.0 Å². The zero-order valence-electron chi connectivity index (χ0n) is 10.6. The molecule has 0 radical (unpaired) electrons. The highest BCUT2D eigenvalue weighted by Gasteiger charge is 2.52. The molecule has 1 aromatic heterocycles. The van der Waals surface area contributed by atoms with Crippen molar-refractivity contribution in [3.05, 3.63) is 35.2 Å². The third-order valence-corrected chi connectivity index (χ3v) is 6.03. The van der Waals surface area contributed by atoms with E-state index in [1.807, 2.05) is 11.3 Å². The molecule has 4 rings (SSSR count). The van der Waals surface area contributed by atoms with Gasteiger partial charge in [0.1, 0.15) is 0 Å². The Morgan fingerprint density at radius 2 is 2.00 bits per heavy atom. The first-order chi connectivity index (χ1) is 8.80. The van der Waals surface area contributed by atoms with E-state index in [0.717, 1.165) is 18.4 Å². The molecule has 2 N–H and O–H groups in total. The number of benzene rings is 1. The Kier molecular flexibility index (Phi) is 2.33. The first-order valence-corrected chi connectivity index (χ1v) is 7.83. The van der Waals surface area contributed by atoms with Crippen LogP contribution in [0.4, 0.5) is 0 Å². The molecule has 2 fully saturated rings. The van der Waals surface area contributed by atoms with Crippen molar-refractivity contribution in [1.82, 2.24) is 0 Å².